The van der Waals surface area contributed by atoms with E-state index in [9.17, 15) is 13.2 Å². The highest BCUT2D eigenvalue weighted by Gasteiger charge is 2.30. The zero-order chi connectivity index (χ0) is 21.8. The van der Waals surface area contributed by atoms with E-state index in [4.69, 9.17) is 0 Å². The zero-order valence-corrected chi connectivity index (χ0v) is 17.3. The molecule has 1 N–H and O–H groups in total. The third-order valence-electron chi connectivity index (χ3n) is 4.42. The number of rotatable bonds is 7. The normalized spacial score (nSPS) is 11.6. The Kier molecular flexibility index (Phi) is 5.99. The second kappa shape index (κ2) is 8.84. The van der Waals surface area contributed by atoms with Gasteiger partial charge in [-0.15, -0.1) is 24.5 Å². The predicted octanol–water partition coefficient (Wildman–Crippen LogP) is 5.40. The lowest BCUT2D eigenvalue weighted by molar-refractivity contribution is -0.274. The summed E-state index contributed by atoms with van der Waals surface area (Å²) >= 11 is 1.59. The van der Waals surface area contributed by atoms with Crippen molar-refractivity contribution in [2.75, 3.05) is 11.9 Å². The molecule has 31 heavy (non-hydrogen) atoms. The first-order chi connectivity index (χ1) is 14.9. The number of aryl methyl sites for hydroxylation is 2. The van der Waals surface area contributed by atoms with Gasteiger partial charge in [0.05, 0.1) is 5.39 Å². The van der Waals surface area contributed by atoms with E-state index in [0.29, 0.717) is 24.5 Å². The van der Waals surface area contributed by atoms with Crippen LogP contribution >= 0.6 is 11.3 Å². The Hall–Kier alpha value is -3.27. The lowest BCUT2D eigenvalue weighted by Gasteiger charge is -2.10. The molecule has 1 aromatic carbocycles. The number of benzene rings is 1. The number of nitrogens with zero attached hydrogens (tertiary/aromatic N) is 4. The maximum atomic E-state index is 12.3. The molecular weight excluding hydrogens is 427 g/mol. The molecule has 0 saturated heterocycles. The molecule has 0 radical (unpaired) electrons. The Labute approximate surface area is 180 Å². The first-order valence-electron chi connectivity index (χ1n) is 9.50. The van der Waals surface area contributed by atoms with Gasteiger partial charge in [-0.3, -0.25) is 0 Å². The molecule has 4 aromatic rings. The summed E-state index contributed by atoms with van der Waals surface area (Å²) in [6.07, 6.45) is -0.0980. The van der Waals surface area contributed by atoms with Gasteiger partial charge in [0, 0.05) is 17.6 Å². The van der Waals surface area contributed by atoms with E-state index in [-0.39, 0.29) is 5.75 Å². The summed E-state index contributed by atoms with van der Waals surface area (Å²) in [6, 6.07) is 9.74. The van der Waals surface area contributed by atoms with E-state index in [2.05, 4.69) is 30.0 Å². The van der Waals surface area contributed by atoms with Crippen molar-refractivity contribution in [3.63, 3.8) is 0 Å². The quantitative estimate of drug-likeness (QED) is 0.384. The van der Waals surface area contributed by atoms with Gasteiger partial charge >= 0.3 is 6.36 Å². The summed E-state index contributed by atoms with van der Waals surface area (Å²) in [5.41, 5.74) is 1.57. The molecule has 6 nitrogen and oxygen atoms in total. The van der Waals surface area contributed by atoms with Gasteiger partial charge < -0.3 is 10.1 Å². The van der Waals surface area contributed by atoms with Crippen LogP contribution in [0.5, 0.6) is 5.75 Å². The second-order valence-electron chi connectivity index (χ2n) is 6.79. The van der Waals surface area contributed by atoms with Crippen molar-refractivity contribution in [3.05, 3.63) is 59.4 Å². The summed E-state index contributed by atoms with van der Waals surface area (Å²) in [5.74, 6) is 1.04. The van der Waals surface area contributed by atoms with Gasteiger partial charge in [-0.05, 0) is 49.6 Å². The van der Waals surface area contributed by atoms with Crippen molar-refractivity contribution in [2.24, 2.45) is 0 Å². The number of alkyl halides is 3. The van der Waals surface area contributed by atoms with Crippen molar-refractivity contribution in [1.82, 2.24) is 19.9 Å². The van der Waals surface area contributed by atoms with Crippen molar-refractivity contribution in [1.29, 1.82) is 0 Å². The number of nitrogens with one attached hydrogen (secondary N) is 1. The van der Waals surface area contributed by atoms with Gasteiger partial charge in [0.25, 0.3) is 0 Å². The Morgan fingerprint density at radius 2 is 1.90 bits per heavy atom. The molecule has 0 aliphatic heterocycles. The van der Waals surface area contributed by atoms with Crippen LogP contribution in [0.2, 0.25) is 0 Å². The molecule has 0 bridgehead atoms. The van der Waals surface area contributed by atoms with Crippen molar-refractivity contribution >= 4 is 27.4 Å². The van der Waals surface area contributed by atoms with Crippen molar-refractivity contribution < 1.29 is 17.9 Å². The lowest BCUT2D eigenvalue weighted by atomic mass is 10.1. The summed E-state index contributed by atoms with van der Waals surface area (Å²) in [6.45, 7) is 2.66. The number of hydrogen-bond acceptors (Lipinski definition) is 7. The summed E-state index contributed by atoms with van der Waals surface area (Å²) in [5, 5.41) is 4.32. The topological polar surface area (TPSA) is 72.8 Å². The Balaban J connectivity index is 1.42. The maximum Gasteiger partial charge on any atom is 0.573 e. The van der Waals surface area contributed by atoms with Crippen LogP contribution in [0.25, 0.3) is 21.7 Å². The highest BCUT2D eigenvalue weighted by atomic mass is 32.1. The highest BCUT2D eigenvalue weighted by molar-refractivity contribution is 7.18. The third-order valence-corrected chi connectivity index (χ3v) is 5.36. The zero-order valence-electron chi connectivity index (χ0n) is 16.5. The van der Waals surface area contributed by atoms with E-state index in [0.717, 1.165) is 32.9 Å². The van der Waals surface area contributed by atoms with Crippen LogP contribution in [0, 0.1) is 6.92 Å². The first-order valence-corrected chi connectivity index (χ1v) is 10.3. The molecular formula is C21H18F3N5OS. The van der Waals surface area contributed by atoms with E-state index in [1.165, 1.54) is 18.5 Å². The first kappa shape index (κ1) is 21.0. The van der Waals surface area contributed by atoms with Gasteiger partial charge in [-0.1, -0.05) is 12.1 Å². The van der Waals surface area contributed by atoms with Crippen LogP contribution in [0.15, 0.2) is 48.9 Å². The fraction of sp³-hybridized carbons (Fsp3) is 0.238. The fourth-order valence-corrected chi connectivity index (χ4v) is 3.95. The van der Waals surface area contributed by atoms with Crippen LogP contribution < -0.4 is 10.1 Å². The minimum atomic E-state index is -4.68. The Morgan fingerprint density at radius 3 is 2.61 bits per heavy atom. The van der Waals surface area contributed by atoms with Gasteiger partial charge in [0.1, 0.15) is 28.4 Å². The fourth-order valence-electron chi connectivity index (χ4n) is 3.07. The SMILES string of the molecule is Cc1cc2c(NCCCc3ccc(OC(F)(F)F)cc3)nc(-c3ccncn3)nc2s1. The van der Waals surface area contributed by atoms with Crippen molar-refractivity contribution in [2.45, 2.75) is 26.1 Å². The number of aromatic nitrogens is 4. The van der Waals surface area contributed by atoms with Gasteiger partial charge in [-0.25, -0.2) is 19.9 Å². The van der Waals surface area contributed by atoms with Crippen LogP contribution in [0.3, 0.4) is 0 Å². The molecule has 0 amide bonds. The molecule has 160 valence electrons. The molecule has 0 spiro atoms. The van der Waals surface area contributed by atoms with Crippen LogP contribution in [0.4, 0.5) is 19.0 Å². The van der Waals surface area contributed by atoms with Crippen LogP contribution in [-0.4, -0.2) is 32.8 Å². The third kappa shape index (κ3) is 5.46. The highest BCUT2D eigenvalue weighted by Crippen LogP contribution is 2.30. The summed E-state index contributed by atoms with van der Waals surface area (Å²) < 4.78 is 40.7. The second-order valence-corrected chi connectivity index (χ2v) is 8.02. The molecule has 0 aliphatic carbocycles. The molecule has 0 saturated carbocycles. The smallest absolute Gasteiger partial charge is 0.406 e. The molecule has 0 unspecified atom stereocenters. The van der Waals surface area contributed by atoms with Gasteiger partial charge in [0.2, 0.25) is 0 Å². The van der Waals surface area contributed by atoms with Crippen LogP contribution in [0.1, 0.15) is 16.9 Å². The molecule has 4 rings (SSSR count). The monoisotopic (exact) mass is 445 g/mol. The molecule has 0 atom stereocenters. The minimum absolute atomic E-state index is 0.220. The maximum absolute atomic E-state index is 12.3. The lowest BCUT2D eigenvalue weighted by Crippen LogP contribution is -2.17. The number of halogens is 3. The van der Waals surface area contributed by atoms with E-state index >= 15 is 0 Å². The van der Waals surface area contributed by atoms with Crippen molar-refractivity contribution in [3.8, 4) is 17.3 Å². The number of hydrogen-bond donors (Lipinski definition) is 1. The summed E-state index contributed by atoms with van der Waals surface area (Å²) in [4.78, 5) is 19.4. The minimum Gasteiger partial charge on any atom is -0.406 e. The Morgan fingerprint density at radius 1 is 1.10 bits per heavy atom. The predicted molar refractivity (Wildman–Crippen MR) is 113 cm³/mol. The molecule has 0 fully saturated rings. The van der Waals surface area contributed by atoms with Gasteiger partial charge in [-0.2, -0.15) is 0 Å². The van der Waals surface area contributed by atoms with E-state index in [1.54, 1.807) is 35.7 Å². The molecule has 3 heterocycles. The number of anilines is 1. The molecule has 10 heteroatoms. The Bertz CT molecular complexity index is 1160. The number of ether oxygens (including phenoxy) is 1. The average Bonchev–Trinajstić information content (AvgIpc) is 3.12. The van der Waals surface area contributed by atoms with E-state index in [1.807, 2.05) is 13.0 Å². The number of fused-ring (bicyclic) bond motifs is 1. The van der Waals surface area contributed by atoms with Crippen LogP contribution in [-0.2, 0) is 6.42 Å². The number of thiophene rings is 1. The summed E-state index contributed by atoms with van der Waals surface area (Å²) in [7, 11) is 0. The van der Waals surface area contributed by atoms with E-state index < -0.39 is 6.36 Å². The largest absolute Gasteiger partial charge is 0.573 e. The standard InChI is InChI=1S/C21H18F3N5OS/c1-13-11-16-18(28-19(29-20(16)31-13)17-8-10-25-12-27-17)26-9-2-3-14-4-6-15(7-5-14)30-21(22,23)24/h4-8,10-12H,2-3,9H2,1H3,(H,26,28,29). The van der Waals surface area contributed by atoms with Gasteiger partial charge in [0.15, 0.2) is 5.82 Å². The average molecular weight is 445 g/mol. The molecule has 3 aromatic heterocycles. The molecule has 0 aliphatic rings.